The Bertz CT molecular complexity index is 1680. The van der Waals surface area contributed by atoms with Gasteiger partial charge in [-0.1, -0.05) is 42.1 Å². The van der Waals surface area contributed by atoms with Crippen LogP contribution in [0.25, 0.3) is 5.69 Å². The summed E-state index contributed by atoms with van der Waals surface area (Å²) in [6.07, 6.45) is 0.825. The van der Waals surface area contributed by atoms with E-state index in [2.05, 4.69) is 20.4 Å². The second-order valence-electron chi connectivity index (χ2n) is 11.4. The van der Waals surface area contributed by atoms with Crippen LogP contribution in [0.2, 0.25) is 0 Å². The van der Waals surface area contributed by atoms with E-state index in [1.807, 2.05) is 74.5 Å². The second-order valence-corrected chi connectivity index (χ2v) is 12.6. The van der Waals surface area contributed by atoms with E-state index in [9.17, 15) is 19.7 Å². The van der Waals surface area contributed by atoms with Crippen molar-refractivity contribution in [1.29, 1.82) is 0 Å². The standard InChI is InChI=1S/C34H37N5O6S/c1-23-19-26(24(2)38(23)27-11-15-29(16-12-27)46-30-17-13-28(14-18-30)39(42)43)20-35-37-32(40)31(36-33(41)45-34(3,4)5)22-44-21-25-9-7-6-8-10-25/h6-20,31H,21-22H2,1-5H3,(H,36,41)(H,37,40)/b35-20-/t31-/m0/s1. The van der Waals surface area contributed by atoms with Crippen LogP contribution in [0.5, 0.6) is 0 Å². The molecule has 0 aliphatic carbocycles. The van der Waals surface area contributed by atoms with Crippen LogP contribution in [-0.4, -0.2) is 46.0 Å². The molecule has 240 valence electrons. The van der Waals surface area contributed by atoms with Gasteiger partial charge in [0.15, 0.2) is 0 Å². The van der Waals surface area contributed by atoms with Crippen molar-refractivity contribution in [1.82, 2.24) is 15.3 Å². The minimum absolute atomic E-state index is 0.0577. The number of nitrogens with zero attached hydrogens (tertiary/aromatic N) is 3. The van der Waals surface area contributed by atoms with Gasteiger partial charge in [0.1, 0.15) is 11.6 Å². The predicted octanol–water partition coefficient (Wildman–Crippen LogP) is 6.71. The number of alkyl carbamates (subject to hydrolysis) is 1. The van der Waals surface area contributed by atoms with Crippen molar-refractivity contribution in [2.45, 2.75) is 62.7 Å². The molecule has 2 N–H and O–H groups in total. The fourth-order valence-electron chi connectivity index (χ4n) is 4.50. The topological polar surface area (TPSA) is 137 Å². The largest absolute Gasteiger partial charge is 0.444 e. The molecule has 1 heterocycles. The fraction of sp³-hybridized carbons (Fsp3) is 0.265. The molecule has 0 unspecified atom stereocenters. The number of aromatic nitrogens is 1. The smallest absolute Gasteiger partial charge is 0.408 e. The molecule has 0 bridgehead atoms. The van der Waals surface area contributed by atoms with E-state index in [-0.39, 0.29) is 18.9 Å². The van der Waals surface area contributed by atoms with Crippen LogP contribution >= 0.6 is 11.8 Å². The van der Waals surface area contributed by atoms with Gasteiger partial charge in [-0.2, -0.15) is 5.10 Å². The molecule has 0 aliphatic heterocycles. The number of amides is 2. The van der Waals surface area contributed by atoms with Gasteiger partial charge in [0, 0.05) is 44.6 Å². The highest BCUT2D eigenvalue weighted by atomic mass is 32.2. The van der Waals surface area contributed by atoms with Crippen LogP contribution < -0.4 is 10.7 Å². The first-order chi connectivity index (χ1) is 21.9. The van der Waals surface area contributed by atoms with Crippen molar-refractivity contribution in [3.8, 4) is 5.69 Å². The van der Waals surface area contributed by atoms with Crippen LogP contribution in [0.4, 0.5) is 10.5 Å². The molecule has 4 rings (SSSR count). The van der Waals surface area contributed by atoms with E-state index in [1.165, 1.54) is 23.9 Å². The highest BCUT2D eigenvalue weighted by Gasteiger charge is 2.25. The maximum absolute atomic E-state index is 13.1. The van der Waals surface area contributed by atoms with Crippen LogP contribution in [0, 0.1) is 24.0 Å². The van der Waals surface area contributed by atoms with Gasteiger partial charge in [-0.05, 0) is 82.6 Å². The van der Waals surface area contributed by atoms with Gasteiger partial charge in [0.25, 0.3) is 11.6 Å². The number of nitrogens with one attached hydrogen (secondary N) is 2. The lowest BCUT2D eigenvalue weighted by Crippen LogP contribution is -2.49. The number of ether oxygens (including phenoxy) is 2. The van der Waals surface area contributed by atoms with Crippen molar-refractivity contribution >= 4 is 35.7 Å². The molecule has 4 aromatic rings. The summed E-state index contributed by atoms with van der Waals surface area (Å²) in [6, 6.07) is 24.9. The maximum atomic E-state index is 13.1. The van der Waals surface area contributed by atoms with E-state index in [0.29, 0.717) is 0 Å². The van der Waals surface area contributed by atoms with Crippen LogP contribution in [-0.2, 0) is 20.9 Å². The average molecular weight is 644 g/mol. The Labute approximate surface area is 272 Å². The normalized spacial score (nSPS) is 12.1. The molecular weight excluding hydrogens is 606 g/mol. The maximum Gasteiger partial charge on any atom is 0.408 e. The molecule has 1 aromatic heterocycles. The monoisotopic (exact) mass is 643 g/mol. The summed E-state index contributed by atoms with van der Waals surface area (Å²) in [5, 5.41) is 17.7. The number of nitro benzene ring substituents is 1. The summed E-state index contributed by atoms with van der Waals surface area (Å²) in [5.74, 6) is -0.551. The summed E-state index contributed by atoms with van der Waals surface area (Å²) >= 11 is 1.51. The van der Waals surface area contributed by atoms with Crippen LogP contribution in [0.3, 0.4) is 0 Å². The van der Waals surface area contributed by atoms with Gasteiger partial charge in [-0.25, -0.2) is 10.2 Å². The third-order valence-electron chi connectivity index (χ3n) is 6.63. The number of hydrazone groups is 1. The quantitative estimate of drug-likeness (QED) is 0.0994. The third-order valence-corrected chi connectivity index (χ3v) is 7.65. The number of hydrogen-bond acceptors (Lipinski definition) is 8. The van der Waals surface area contributed by atoms with E-state index in [4.69, 9.17) is 9.47 Å². The number of hydrogen-bond donors (Lipinski definition) is 2. The van der Waals surface area contributed by atoms with Crippen molar-refractivity contribution in [3.05, 3.63) is 118 Å². The SMILES string of the molecule is Cc1cc(/C=N\NC(=O)[C@H](COCc2ccccc2)NC(=O)OC(C)(C)C)c(C)n1-c1ccc(Sc2ccc([N+](=O)[O-])cc2)cc1. The molecule has 0 saturated heterocycles. The lowest BCUT2D eigenvalue weighted by Gasteiger charge is -2.22. The summed E-state index contributed by atoms with van der Waals surface area (Å²) in [4.78, 5) is 37.9. The molecule has 0 fully saturated rings. The summed E-state index contributed by atoms with van der Waals surface area (Å²) in [6.45, 7) is 9.35. The Morgan fingerprint density at radius 2 is 1.63 bits per heavy atom. The van der Waals surface area contributed by atoms with Gasteiger partial charge in [-0.3, -0.25) is 14.9 Å². The zero-order chi connectivity index (χ0) is 33.3. The highest BCUT2D eigenvalue weighted by molar-refractivity contribution is 7.99. The van der Waals surface area contributed by atoms with Gasteiger partial charge < -0.3 is 19.4 Å². The molecule has 1 atom stereocenters. The predicted molar refractivity (Wildman–Crippen MR) is 177 cm³/mol. The molecule has 3 aromatic carbocycles. The van der Waals surface area contributed by atoms with Crippen molar-refractivity contribution in [3.63, 3.8) is 0 Å². The molecule has 12 heteroatoms. The van der Waals surface area contributed by atoms with Gasteiger partial charge >= 0.3 is 6.09 Å². The van der Waals surface area contributed by atoms with Gasteiger partial charge in [0.2, 0.25) is 0 Å². The first kappa shape index (κ1) is 33.9. The van der Waals surface area contributed by atoms with Gasteiger partial charge in [-0.15, -0.1) is 0 Å². The average Bonchev–Trinajstić information content (AvgIpc) is 3.29. The van der Waals surface area contributed by atoms with Crippen molar-refractivity contribution in [2.75, 3.05) is 6.61 Å². The van der Waals surface area contributed by atoms with Crippen LogP contribution in [0.15, 0.2) is 99.8 Å². The number of carbonyl (C=O) groups excluding carboxylic acids is 2. The highest BCUT2D eigenvalue weighted by Crippen LogP contribution is 2.30. The zero-order valence-electron chi connectivity index (χ0n) is 26.4. The minimum Gasteiger partial charge on any atom is -0.444 e. The summed E-state index contributed by atoms with van der Waals surface area (Å²) in [7, 11) is 0. The van der Waals surface area contributed by atoms with E-state index < -0.39 is 28.6 Å². The van der Waals surface area contributed by atoms with Crippen molar-refractivity contribution < 1.29 is 24.0 Å². The van der Waals surface area contributed by atoms with Crippen LogP contribution in [0.1, 0.15) is 43.3 Å². The lowest BCUT2D eigenvalue weighted by atomic mass is 10.2. The molecule has 0 saturated carbocycles. The molecule has 11 nitrogen and oxygen atoms in total. The first-order valence-corrected chi connectivity index (χ1v) is 15.4. The number of nitro groups is 1. The van der Waals surface area contributed by atoms with E-state index in [0.717, 1.165) is 38.0 Å². The fourth-order valence-corrected chi connectivity index (χ4v) is 5.31. The number of non-ortho nitro benzene ring substituents is 1. The molecule has 0 aliphatic rings. The summed E-state index contributed by atoms with van der Waals surface area (Å²) < 4.78 is 13.1. The molecule has 2 amide bonds. The Morgan fingerprint density at radius 3 is 2.24 bits per heavy atom. The first-order valence-electron chi connectivity index (χ1n) is 14.6. The molecule has 0 radical (unpaired) electrons. The lowest BCUT2D eigenvalue weighted by molar-refractivity contribution is -0.384. The third kappa shape index (κ3) is 9.78. The Hall–Kier alpha value is -4.94. The zero-order valence-corrected chi connectivity index (χ0v) is 27.2. The molecule has 0 spiro atoms. The molecule has 46 heavy (non-hydrogen) atoms. The van der Waals surface area contributed by atoms with Crippen molar-refractivity contribution in [2.24, 2.45) is 5.10 Å². The summed E-state index contributed by atoms with van der Waals surface area (Å²) in [5.41, 5.74) is 6.42. The Kier molecular flexibility index (Phi) is 11.3. The van der Waals surface area contributed by atoms with Gasteiger partial charge in [0.05, 0.1) is 24.4 Å². The number of rotatable bonds is 12. The second kappa shape index (κ2) is 15.4. The van der Waals surface area contributed by atoms with E-state index in [1.54, 1.807) is 39.1 Å². The number of carbonyl (C=O) groups is 2. The Balaban J connectivity index is 1.40. The van der Waals surface area contributed by atoms with E-state index >= 15 is 0 Å². The molecular formula is C34H37N5O6S. The number of aryl methyl sites for hydroxylation is 1. The minimum atomic E-state index is -1.04. The number of benzene rings is 3. The Morgan fingerprint density at radius 1 is 1.00 bits per heavy atom.